The van der Waals surface area contributed by atoms with Gasteiger partial charge in [0.1, 0.15) is 25.8 Å². The van der Waals surface area contributed by atoms with E-state index < -0.39 is 22.3 Å². The zero-order valence-electron chi connectivity index (χ0n) is 35.9. The van der Waals surface area contributed by atoms with Crippen molar-refractivity contribution in [2.45, 2.75) is 144 Å². The smallest absolute Gasteiger partial charge is 0.302 e. The van der Waals surface area contributed by atoms with E-state index in [2.05, 4.69) is 79.6 Å². The summed E-state index contributed by atoms with van der Waals surface area (Å²) in [5.41, 5.74) is 0.416. The first-order valence-corrected chi connectivity index (χ1v) is 28.4. The Morgan fingerprint density at radius 3 is 2.17 bits per heavy atom. The molecule has 0 bridgehead atoms. The molecule has 4 saturated carbocycles. The number of ether oxygens (including phenoxy) is 5. The fourth-order valence-corrected chi connectivity index (χ4v) is 13.6. The number of carbonyl (C=O) groups is 3. The molecule has 306 valence electrons. The Hall–Kier alpha value is -1.44. The Bertz CT molecular complexity index is 1450. The van der Waals surface area contributed by atoms with Crippen molar-refractivity contribution in [1.82, 2.24) is 0 Å². The van der Waals surface area contributed by atoms with Crippen LogP contribution in [-0.2, 0) is 38.1 Å². The molecule has 0 aromatic heterocycles. The highest BCUT2D eigenvalue weighted by molar-refractivity contribution is 6.76. The van der Waals surface area contributed by atoms with E-state index in [-0.39, 0.29) is 82.6 Å². The highest BCUT2D eigenvalue weighted by Gasteiger charge is 2.81. The van der Waals surface area contributed by atoms with Crippen molar-refractivity contribution >= 4 is 33.7 Å². The van der Waals surface area contributed by atoms with E-state index in [0.29, 0.717) is 37.2 Å². The maximum atomic E-state index is 14.6. The molecule has 5 aliphatic rings. The summed E-state index contributed by atoms with van der Waals surface area (Å²) in [6.45, 7) is 32.6. The molecule has 2 unspecified atom stereocenters. The minimum Gasteiger partial charge on any atom is -0.462 e. The summed E-state index contributed by atoms with van der Waals surface area (Å²) in [5.74, 6) is 0.177. The van der Waals surface area contributed by atoms with Crippen LogP contribution in [0.25, 0.3) is 0 Å². The summed E-state index contributed by atoms with van der Waals surface area (Å²) in [6.07, 6.45) is 9.15. The largest absolute Gasteiger partial charge is 0.462 e. The van der Waals surface area contributed by atoms with Crippen LogP contribution in [0.2, 0.25) is 51.4 Å². The van der Waals surface area contributed by atoms with E-state index in [9.17, 15) is 14.4 Å². The normalized spacial score (nSPS) is 37.3. The summed E-state index contributed by atoms with van der Waals surface area (Å²) in [7, 11) is -2.51. The summed E-state index contributed by atoms with van der Waals surface area (Å²) in [4.78, 5) is 40.3. The molecule has 4 fully saturated rings. The molecule has 0 amide bonds. The number of hydrogen-bond donors (Lipinski definition) is 0. The lowest BCUT2D eigenvalue weighted by Gasteiger charge is -2.61. The van der Waals surface area contributed by atoms with Crippen LogP contribution in [0.1, 0.15) is 80.1 Å². The van der Waals surface area contributed by atoms with Gasteiger partial charge in [-0.2, -0.15) is 0 Å². The number of carbonyl (C=O) groups excluding carboxylic acids is 3. The third-order valence-corrected chi connectivity index (χ3v) is 18.8. The predicted molar refractivity (Wildman–Crippen MR) is 219 cm³/mol. The maximum Gasteiger partial charge on any atom is 0.302 e. The first-order chi connectivity index (χ1) is 25.0. The number of hydrogen-bond acceptors (Lipinski definition) is 8. The molecule has 0 aromatic carbocycles. The zero-order valence-corrected chi connectivity index (χ0v) is 37.9. The van der Waals surface area contributed by atoms with Gasteiger partial charge in [0.25, 0.3) is 0 Å². The summed E-state index contributed by atoms with van der Waals surface area (Å²) < 4.78 is 30.5. The minimum absolute atomic E-state index is 0.0200. The van der Waals surface area contributed by atoms with Crippen molar-refractivity contribution < 1.29 is 38.1 Å². The fourth-order valence-electron chi connectivity index (χ4n) is 12.1. The second kappa shape index (κ2) is 16.1. The van der Waals surface area contributed by atoms with Crippen molar-refractivity contribution in [3.63, 3.8) is 0 Å². The van der Waals surface area contributed by atoms with Gasteiger partial charge in [-0.05, 0) is 102 Å². The van der Waals surface area contributed by atoms with Gasteiger partial charge < -0.3 is 23.7 Å². The van der Waals surface area contributed by atoms with Crippen molar-refractivity contribution in [2.75, 3.05) is 33.4 Å². The lowest BCUT2D eigenvalue weighted by Crippen LogP contribution is -2.56. The zero-order chi connectivity index (χ0) is 40.1. The maximum absolute atomic E-state index is 14.6. The van der Waals surface area contributed by atoms with Crippen LogP contribution in [-0.4, -0.2) is 79.3 Å². The van der Waals surface area contributed by atoms with E-state index in [4.69, 9.17) is 23.7 Å². The second-order valence-electron chi connectivity index (χ2n) is 21.1. The van der Waals surface area contributed by atoms with Gasteiger partial charge in [-0.25, -0.2) is 0 Å². The third-order valence-electron chi connectivity index (χ3n) is 15.4. The molecular formula is C44H74O8Si2. The number of esters is 1. The Kier molecular flexibility index (Phi) is 13.0. The van der Waals surface area contributed by atoms with E-state index in [1.54, 1.807) is 0 Å². The first kappa shape index (κ1) is 43.7. The van der Waals surface area contributed by atoms with E-state index in [1.165, 1.54) is 6.92 Å². The average molecular weight is 787 g/mol. The number of ketones is 2. The molecule has 5 aliphatic carbocycles. The molecule has 5 rings (SSSR count). The van der Waals surface area contributed by atoms with Gasteiger partial charge in [0.2, 0.25) is 0 Å². The molecule has 54 heavy (non-hydrogen) atoms. The Labute approximate surface area is 329 Å². The Morgan fingerprint density at radius 2 is 1.56 bits per heavy atom. The predicted octanol–water partition coefficient (Wildman–Crippen LogP) is 9.35. The Balaban J connectivity index is 1.38. The molecule has 8 nitrogen and oxygen atoms in total. The molecule has 0 heterocycles. The van der Waals surface area contributed by atoms with Crippen molar-refractivity contribution in [2.24, 2.45) is 57.2 Å². The van der Waals surface area contributed by atoms with Crippen molar-refractivity contribution in [1.29, 1.82) is 0 Å². The average Bonchev–Trinajstić information content (AvgIpc) is 3.68. The molecular weight excluding hydrogens is 713 g/mol. The molecule has 12 atom stereocenters. The Morgan fingerprint density at radius 1 is 0.926 bits per heavy atom. The van der Waals surface area contributed by atoms with E-state index in [0.717, 1.165) is 50.6 Å². The van der Waals surface area contributed by atoms with Gasteiger partial charge in [-0.3, -0.25) is 14.4 Å². The van der Waals surface area contributed by atoms with Crippen LogP contribution in [0.4, 0.5) is 0 Å². The number of fused-ring (bicyclic) bond motifs is 2. The minimum atomic E-state index is -1.31. The van der Waals surface area contributed by atoms with Crippen LogP contribution in [0.3, 0.4) is 0 Å². The highest BCUT2D eigenvalue weighted by Crippen LogP contribution is 2.87. The van der Waals surface area contributed by atoms with Crippen LogP contribution in [0.15, 0.2) is 24.3 Å². The van der Waals surface area contributed by atoms with Gasteiger partial charge in [-0.1, -0.05) is 86.6 Å². The monoisotopic (exact) mass is 786 g/mol. The quantitative estimate of drug-likeness (QED) is 0.0420. The number of rotatable bonds is 19. The molecule has 0 aliphatic heterocycles. The van der Waals surface area contributed by atoms with Crippen LogP contribution >= 0.6 is 0 Å². The van der Waals surface area contributed by atoms with E-state index >= 15 is 0 Å². The van der Waals surface area contributed by atoms with Crippen molar-refractivity contribution in [3.05, 3.63) is 24.3 Å². The molecule has 0 N–H and O–H groups in total. The topological polar surface area (TPSA) is 97.4 Å². The number of allylic oxidation sites excluding steroid dienone is 2. The molecule has 0 aromatic rings. The molecule has 2 spiro atoms. The van der Waals surface area contributed by atoms with E-state index in [1.807, 2.05) is 13.0 Å². The summed E-state index contributed by atoms with van der Waals surface area (Å²) in [6, 6.07) is 2.08. The van der Waals surface area contributed by atoms with Crippen LogP contribution in [0.5, 0.6) is 0 Å². The van der Waals surface area contributed by atoms with Gasteiger partial charge in [-0.15, -0.1) is 0 Å². The lowest BCUT2D eigenvalue weighted by molar-refractivity contribution is -0.167. The highest BCUT2D eigenvalue weighted by atomic mass is 28.3. The molecule has 0 saturated heterocycles. The summed E-state index contributed by atoms with van der Waals surface area (Å²) >= 11 is 0. The second-order valence-corrected chi connectivity index (χ2v) is 32.4. The molecule has 0 radical (unpaired) electrons. The SMILES string of the molecule is C=C(C(=O)[C@H](OCOCC[Si](C)(C)C)[C@@H](C)[C@H]1[C@@H](OC(C)=O)C[C@@]2(C)C3CCC4[C@H](C)C(=O)C=C[C@@]45C[C@@]35CC[C@]12C)[C@@H](C)COCOCC[Si](C)(C)C. The van der Waals surface area contributed by atoms with Gasteiger partial charge in [0.15, 0.2) is 11.6 Å². The standard InChI is InChI=1S/C44H74O8Si2/c1-29(25-50-27-48-20-22-53(8,9)10)30(2)39(47)40(51-28-49-21-23-54(11,12)13)32(4)38-36(52-33(5)45)24-42(7)37-15-14-34-31(3)35(46)16-17-43(34)26-44(37,43)19-18-41(38,42)6/h16-17,29,31-32,34,36-38,40H,2,14-15,18-28H2,1,3-13H3/t29-,31-,32-,34?,36-,37?,38-,40+,41+,42-,43+,44-/m0/s1. The van der Waals surface area contributed by atoms with Gasteiger partial charge in [0.05, 0.1) is 6.61 Å². The number of Topliss-reactive ketones (excluding diaryl/α,β-unsaturated/α-hetero) is 1. The van der Waals surface area contributed by atoms with Gasteiger partial charge in [0, 0.05) is 54.0 Å². The van der Waals surface area contributed by atoms with Crippen molar-refractivity contribution in [3.8, 4) is 0 Å². The van der Waals surface area contributed by atoms with Crippen LogP contribution in [0, 0.1) is 57.2 Å². The van der Waals surface area contributed by atoms with Crippen LogP contribution < -0.4 is 0 Å². The van der Waals surface area contributed by atoms with Gasteiger partial charge >= 0.3 is 5.97 Å². The fraction of sp³-hybridized carbons (Fsp3) is 0.841. The lowest BCUT2D eigenvalue weighted by atomic mass is 9.43. The first-order valence-electron chi connectivity index (χ1n) is 21.0. The molecule has 10 heteroatoms. The third kappa shape index (κ3) is 8.27. The summed E-state index contributed by atoms with van der Waals surface area (Å²) in [5, 5.41) is 0.